The summed E-state index contributed by atoms with van der Waals surface area (Å²) in [5, 5.41) is 8.75. The van der Waals surface area contributed by atoms with Crippen LogP contribution in [0.3, 0.4) is 0 Å². The van der Waals surface area contributed by atoms with Gasteiger partial charge in [0.2, 0.25) is 10.9 Å². The second kappa shape index (κ2) is 9.00. The van der Waals surface area contributed by atoms with E-state index in [4.69, 9.17) is 23.2 Å². The lowest BCUT2D eigenvalue weighted by Crippen LogP contribution is -2.33. The third-order valence-corrected chi connectivity index (χ3v) is 5.33. The lowest BCUT2D eigenvalue weighted by Gasteiger charge is -2.19. The quantitative estimate of drug-likeness (QED) is 0.607. The van der Waals surface area contributed by atoms with Crippen LogP contribution in [0.4, 0.5) is 5.69 Å². The molecule has 7 nitrogen and oxygen atoms in total. The predicted molar refractivity (Wildman–Crippen MR) is 113 cm³/mol. The van der Waals surface area contributed by atoms with E-state index in [1.54, 1.807) is 25.1 Å². The Bertz CT molecular complexity index is 1070. The smallest absolute Gasteiger partial charge is 0.275 e. The molecule has 0 unspecified atom stereocenters. The number of anilines is 1. The van der Waals surface area contributed by atoms with Crippen molar-refractivity contribution in [2.24, 2.45) is 0 Å². The standard InChI is InChI=1S/C18H19Cl2N5O2S/c1-3-6-24(9-15(26)22-14-5-4-12(19)8-13(14)20)10-16-23-25-17(27)7-11(2)21-18(25)28-16/h4-5,7-8H,3,6,9-10H2,1-2H3,(H,22,26). The largest absolute Gasteiger partial charge is 0.324 e. The maximum Gasteiger partial charge on any atom is 0.275 e. The van der Waals surface area contributed by atoms with Crippen LogP contribution in [0.1, 0.15) is 24.0 Å². The maximum atomic E-state index is 12.5. The van der Waals surface area contributed by atoms with E-state index in [1.807, 2.05) is 11.8 Å². The normalized spacial score (nSPS) is 11.3. The minimum absolute atomic E-state index is 0.171. The molecule has 2 heterocycles. The first-order chi connectivity index (χ1) is 13.4. The topological polar surface area (TPSA) is 79.6 Å². The molecule has 3 rings (SSSR count). The van der Waals surface area contributed by atoms with Gasteiger partial charge in [-0.3, -0.25) is 14.5 Å². The molecule has 148 valence electrons. The van der Waals surface area contributed by atoms with Gasteiger partial charge in [-0.05, 0) is 38.1 Å². The zero-order valence-electron chi connectivity index (χ0n) is 15.4. The average molecular weight is 440 g/mol. The molecule has 1 amide bonds. The van der Waals surface area contributed by atoms with Crippen molar-refractivity contribution in [3.63, 3.8) is 0 Å². The molecule has 0 saturated heterocycles. The van der Waals surface area contributed by atoms with E-state index in [-0.39, 0.29) is 18.0 Å². The van der Waals surface area contributed by atoms with Gasteiger partial charge in [0.1, 0.15) is 5.01 Å². The fourth-order valence-corrected chi connectivity index (χ4v) is 4.17. The van der Waals surface area contributed by atoms with Crippen LogP contribution in [0.15, 0.2) is 29.1 Å². The van der Waals surface area contributed by atoms with Crippen molar-refractivity contribution in [2.45, 2.75) is 26.8 Å². The van der Waals surface area contributed by atoms with Crippen molar-refractivity contribution in [3.8, 4) is 0 Å². The Morgan fingerprint density at radius 3 is 2.82 bits per heavy atom. The number of carbonyl (C=O) groups is 1. The van der Waals surface area contributed by atoms with Gasteiger partial charge in [-0.1, -0.05) is 41.5 Å². The Morgan fingerprint density at radius 2 is 2.11 bits per heavy atom. The van der Waals surface area contributed by atoms with Crippen LogP contribution in [-0.2, 0) is 11.3 Å². The molecule has 0 radical (unpaired) electrons. The molecule has 2 aromatic heterocycles. The van der Waals surface area contributed by atoms with Crippen LogP contribution in [-0.4, -0.2) is 38.5 Å². The molecule has 0 bridgehead atoms. The average Bonchev–Trinajstić information content (AvgIpc) is 3.00. The lowest BCUT2D eigenvalue weighted by molar-refractivity contribution is -0.117. The number of halogens is 2. The van der Waals surface area contributed by atoms with Crippen LogP contribution < -0.4 is 10.9 Å². The summed E-state index contributed by atoms with van der Waals surface area (Å²) in [5.41, 5.74) is 0.964. The molecule has 0 aliphatic rings. The lowest BCUT2D eigenvalue weighted by atomic mass is 10.3. The Hall–Kier alpha value is -2.00. The van der Waals surface area contributed by atoms with Gasteiger partial charge in [0.15, 0.2) is 0 Å². The highest BCUT2D eigenvalue weighted by molar-refractivity contribution is 7.16. The van der Waals surface area contributed by atoms with E-state index < -0.39 is 0 Å². The second-order valence-corrected chi connectivity index (χ2v) is 8.19. The second-order valence-electron chi connectivity index (χ2n) is 6.31. The molecule has 3 aromatic rings. The first-order valence-corrected chi connectivity index (χ1v) is 10.3. The van der Waals surface area contributed by atoms with Crippen molar-refractivity contribution in [1.29, 1.82) is 0 Å². The zero-order chi connectivity index (χ0) is 20.3. The summed E-state index contributed by atoms with van der Waals surface area (Å²) in [5.74, 6) is -0.190. The Balaban J connectivity index is 1.72. The van der Waals surface area contributed by atoms with E-state index in [9.17, 15) is 9.59 Å². The van der Waals surface area contributed by atoms with Crippen molar-refractivity contribution in [2.75, 3.05) is 18.4 Å². The number of hydrogen-bond acceptors (Lipinski definition) is 6. The highest BCUT2D eigenvalue weighted by Gasteiger charge is 2.15. The van der Waals surface area contributed by atoms with Gasteiger partial charge >= 0.3 is 0 Å². The van der Waals surface area contributed by atoms with Crippen LogP contribution in [0.25, 0.3) is 4.96 Å². The summed E-state index contributed by atoms with van der Waals surface area (Å²) >= 11 is 13.3. The third-order valence-electron chi connectivity index (χ3n) is 3.89. The highest BCUT2D eigenvalue weighted by Crippen LogP contribution is 2.25. The molecular formula is C18H19Cl2N5O2S. The third kappa shape index (κ3) is 5.08. The zero-order valence-corrected chi connectivity index (χ0v) is 17.7. The number of benzene rings is 1. The Kier molecular flexibility index (Phi) is 6.66. The summed E-state index contributed by atoms with van der Waals surface area (Å²) in [7, 11) is 0. The molecule has 0 aliphatic carbocycles. The number of aromatic nitrogens is 3. The predicted octanol–water partition coefficient (Wildman–Crippen LogP) is 3.62. The fraction of sp³-hybridized carbons (Fsp3) is 0.333. The Labute approximate surface area is 175 Å². The molecule has 0 atom stereocenters. The minimum Gasteiger partial charge on any atom is -0.324 e. The van der Waals surface area contributed by atoms with Crippen molar-refractivity contribution >= 4 is 51.1 Å². The van der Waals surface area contributed by atoms with E-state index in [1.165, 1.54) is 21.9 Å². The van der Waals surface area contributed by atoms with E-state index in [2.05, 4.69) is 15.4 Å². The number of amides is 1. The molecule has 28 heavy (non-hydrogen) atoms. The summed E-state index contributed by atoms with van der Waals surface area (Å²) < 4.78 is 1.30. The summed E-state index contributed by atoms with van der Waals surface area (Å²) in [4.78, 5) is 31.4. The number of hydrogen-bond donors (Lipinski definition) is 1. The van der Waals surface area contributed by atoms with Gasteiger partial charge in [-0.2, -0.15) is 9.61 Å². The summed E-state index contributed by atoms with van der Waals surface area (Å²) in [6, 6.07) is 6.36. The van der Waals surface area contributed by atoms with Crippen LogP contribution in [0, 0.1) is 6.92 Å². The molecule has 1 N–H and O–H groups in total. The van der Waals surface area contributed by atoms with Gasteiger partial charge in [0.05, 0.1) is 23.8 Å². The van der Waals surface area contributed by atoms with Gasteiger partial charge in [0, 0.05) is 16.8 Å². The molecule has 0 spiro atoms. The van der Waals surface area contributed by atoms with Gasteiger partial charge in [0.25, 0.3) is 5.56 Å². The van der Waals surface area contributed by atoms with Crippen LogP contribution in [0.5, 0.6) is 0 Å². The monoisotopic (exact) mass is 439 g/mol. The maximum absolute atomic E-state index is 12.5. The number of aryl methyl sites for hydroxylation is 1. The van der Waals surface area contributed by atoms with Gasteiger partial charge in [-0.15, -0.1) is 0 Å². The molecular weight excluding hydrogens is 421 g/mol. The fourth-order valence-electron chi connectivity index (χ4n) is 2.73. The van der Waals surface area contributed by atoms with Gasteiger partial charge < -0.3 is 5.32 Å². The number of nitrogens with one attached hydrogen (secondary N) is 1. The summed E-state index contributed by atoms with van der Waals surface area (Å²) in [6.45, 7) is 5.14. The molecule has 0 fully saturated rings. The molecule has 10 heteroatoms. The first-order valence-electron chi connectivity index (χ1n) is 8.69. The highest BCUT2D eigenvalue weighted by atomic mass is 35.5. The van der Waals surface area contributed by atoms with Crippen LogP contribution in [0.2, 0.25) is 10.0 Å². The van der Waals surface area contributed by atoms with Crippen molar-refractivity contribution in [1.82, 2.24) is 19.5 Å². The van der Waals surface area contributed by atoms with E-state index >= 15 is 0 Å². The Morgan fingerprint density at radius 1 is 1.32 bits per heavy atom. The number of fused-ring (bicyclic) bond motifs is 1. The minimum atomic E-state index is -0.206. The summed E-state index contributed by atoms with van der Waals surface area (Å²) in [6.07, 6.45) is 0.872. The first kappa shape index (κ1) is 20.7. The SMILES string of the molecule is CCCN(CC(=O)Nc1ccc(Cl)cc1Cl)Cc1nn2c(=O)cc(C)nc2s1. The van der Waals surface area contributed by atoms with E-state index in [0.29, 0.717) is 39.5 Å². The van der Waals surface area contributed by atoms with E-state index in [0.717, 1.165) is 11.4 Å². The number of carbonyl (C=O) groups excluding carboxylic acids is 1. The van der Waals surface area contributed by atoms with Crippen LogP contribution >= 0.6 is 34.5 Å². The van der Waals surface area contributed by atoms with Gasteiger partial charge in [-0.25, -0.2) is 4.98 Å². The van der Waals surface area contributed by atoms with Crippen molar-refractivity contribution in [3.05, 3.63) is 55.4 Å². The molecule has 0 saturated carbocycles. The number of nitrogens with zero attached hydrogens (tertiary/aromatic N) is 4. The van der Waals surface area contributed by atoms with Crippen molar-refractivity contribution < 1.29 is 4.79 Å². The number of rotatable bonds is 7. The molecule has 0 aliphatic heterocycles. The molecule has 1 aromatic carbocycles.